The number of carbonyl (C=O) groups is 1. The standard InChI is InChI=1S/C14H19BrN2OS/c1-16(2)12-5-7-17(8-6-12)14(18)4-3-11-9-13(15)19-10-11/h3-4,9-10,12H,5-8H2,1-2H3/b4-3+. The van der Waals surface area contributed by atoms with Gasteiger partial charge in [0, 0.05) is 25.2 Å². The van der Waals surface area contributed by atoms with E-state index >= 15 is 0 Å². The van der Waals surface area contributed by atoms with Crippen molar-refractivity contribution in [2.75, 3.05) is 27.2 Å². The zero-order valence-electron chi connectivity index (χ0n) is 11.3. The number of carbonyl (C=O) groups excluding carboxylic acids is 1. The van der Waals surface area contributed by atoms with E-state index in [9.17, 15) is 4.79 Å². The average Bonchev–Trinajstić information content (AvgIpc) is 2.82. The van der Waals surface area contributed by atoms with Crippen molar-refractivity contribution in [2.45, 2.75) is 18.9 Å². The van der Waals surface area contributed by atoms with Gasteiger partial charge in [-0.05, 0) is 66.0 Å². The van der Waals surface area contributed by atoms with Gasteiger partial charge in [-0.3, -0.25) is 4.79 Å². The predicted molar refractivity (Wildman–Crippen MR) is 84.3 cm³/mol. The summed E-state index contributed by atoms with van der Waals surface area (Å²) in [5.41, 5.74) is 1.08. The summed E-state index contributed by atoms with van der Waals surface area (Å²) in [6.45, 7) is 1.72. The van der Waals surface area contributed by atoms with Crippen LogP contribution in [-0.2, 0) is 4.79 Å². The monoisotopic (exact) mass is 342 g/mol. The van der Waals surface area contributed by atoms with Crippen molar-refractivity contribution >= 4 is 39.2 Å². The first kappa shape index (κ1) is 14.8. The van der Waals surface area contributed by atoms with E-state index in [2.05, 4.69) is 34.9 Å². The van der Waals surface area contributed by atoms with Crippen LogP contribution in [0.15, 0.2) is 21.3 Å². The van der Waals surface area contributed by atoms with Crippen LogP contribution in [0.2, 0.25) is 0 Å². The summed E-state index contributed by atoms with van der Waals surface area (Å²) < 4.78 is 1.09. The number of likely N-dealkylation sites (tertiary alicyclic amines) is 1. The lowest BCUT2D eigenvalue weighted by atomic mass is 10.0. The second kappa shape index (κ2) is 6.68. The molecule has 1 aromatic heterocycles. The molecule has 1 fully saturated rings. The first-order valence-electron chi connectivity index (χ1n) is 6.43. The van der Waals surface area contributed by atoms with Gasteiger partial charge in [-0.2, -0.15) is 0 Å². The maximum Gasteiger partial charge on any atom is 0.246 e. The number of thiophene rings is 1. The molecule has 104 valence electrons. The van der Waals surface area contributed by atoms with Gasteiger partial charge in [0.25, 0.3) is 0 Å². The van der Waals surface area contributed by atoms with Crippen LogP contribution < -0.4 is 0 Å². The van der Waals surface area contributed by atoms with E-state index < -0.39 is 0 Å². The highest BCUT2D eigenvalue weighted by atomic mass is 79.9. The highest BCUT2D eigenvalue weighted by Crippen LogP contribution is 2.21. The minimum atomic E-state index is 0.125. The van der Waals surface area contributed by atoms with Gasteiger partial charge in [-0.25, -0.2) is 0 Å². The van der Waals surface area contributed by atoms with Crippen LogP contribution in [-0.4, -0.2) is 48.9 Å². The van der Waals surface area contributed by atoms with Crippen molar-refractivity contribution in [1.29, 1.82) is 0 Å². The molecule has 0 radical (unpaired) electrons. The Morgan fingerprint density at radius 2 is 2.16 bits per heavy atom. The molecule has 0 saturated carbocycles. The van der Waals surface area contributed by atoms with Gasteiger partial charge in [0.2, 0.25) is 5.91 Å². The first-order chi connectivity index (χ1) is 9.06. The molecule has 3 nitrogen and oxygen atoms in total. The third kappa shape index (κ3) is 4.16. The zero-order valence-corrected chi connectivity index (χ0v) is 13.7. The molecule has 1 aliphatic heterocycles. The largest absolute Gasteiger partial charge is 0.339 e. The molecule has 0 bridgehead atoms. The topological polar surface area (TPSA) is 23.6 Å². The minimum Gasteiger partial charge on any atom is -0.339 e. The normalized spacial score (nSPS) is 17.6. The molecule has 2 rings (SSSR count). The molecule has 19 heavy (non-hydrogen) atoms. The van der Waals surface area contributed by atoms with E-state index in [-0.39, 0.29) is 5.91 Å². The summed E-state index contributed by atoms with van der Waals surface area (Å²) in [6.07, 6.45) is 5.71. The van der Waals surface area contributed by atoms with Crippen LogP contribution in [0.25, 0.3) is 6.08 Å². The second-order valence-corrected chi connectivity index (χ2v) is 7.33. The van der Waals surface area contributed by atoms with Crippen molar-refractivity contribution in [2.24, 2.45) is 0 Å². The minimum absolute atomic E-state index is 0.125. The highest BCUT2D eigenvalue weighted by Gasteiger charge is 2.22. The summed E-state index contributed by atoms with van der Waals surface area (Å²) >= 11 is 5.05. The molecule has 0 aromatic carbocycles. The van der Waals surface area contributed by atoms with Crippen molar-refractivity contribution in [3.63, 3.8) is 0 Å². The Kier molecular flexibility index (Phi) is 5.19. The molecular weight excluding hydrogens is 324 g/mol. The van der Waals surface area contributed by atoms with Gasteiger partial charge in [0.15, 0.2) is 0 Å². The molecule has 1 aliphatic rings. The summed E-state index contributed by atoms with van der Waals surface area (Å²) in [7, 11) is 4.22. The Hall–Kier alpha value is -0.650. The van der Waals surface area contributed by atoms with E-state index in [1.54, 1.807) is 17.4 Å². The molecule has 0 spiro atoms. The van der Waals surface area contributed by atoms with E-state index in [1.165, 1.54) is 0 Å². The quantitative estimate of drug-likeness (QED) is 0.788. The summed E-state index contributed by atoms with van der Waals surface area (Å²) in [5, 5.41) is 2.03. The fourth-order valence-corrected chi connectivity index (χ4v) is 3.43. The highest BCUT2D eigenvalue weighted by molar-refractivity contribution is 9.11. The predicted octanol–water partition coefficient (Wildman–Crippen LogP) is 3.08. The van der Waals surface area contributed by atoms with Gasteiger partial charge in [0.1, 0.15) is 0 Å². The van der Waals surface area contributed by atoms with E-state index in [0.717, 1.165) is 35.3 Å². The van der Waals surface area contributed by atoms with Gasteiger partial charge in [-0.15, -0.1) is 11.3 Å². The van der Waals surface area contributed by atoms with Crippen LogP contribution in [0.4, 0.5) is 0 Å². The average molecular weight is 343 g/mol. The molecular formula is C14H19BrN2OS. The Bertz CT molecular complexity index is 462. The Balaban J connectivity index is 1.86. The van der Waals surface area contributed by atoms with Crippen molar-refractivity contribution < 1.29 is 4.79 Å². The molecule has 0 aliphatic carbocycles. The van der Waals surface area contributed by atoms with Crippen LogP contribution >= 0.6 is 27.3 Å². The van der Waals surface area contributed by atoms with Gasteiger partial charge >= 0.3 is 0 Å². The fraction of sp³-hybridized carbons (Fsp3) is 0.500. The van der Waals surface area contributed by atoms with Crippen molar-refractivity contribution in [3.8, 4) is 0 Å². The molecule has 0 N–H and O–H groups in total. The lowest BCUT2D eigenvalue weighted by Gasteiger charge is -2.34. The molecule has 2 heterocycles. The van der Waals surface area contributed by atoms with Crippen LogP contribution in [0.3, 0.4) is 0 Å². The molecule has 1 amide bonds. The fourth-order valence-electron chi connectivity index (χ4n) is 2.29. The number of hydrogen-bond acceptors (Lipinski definition) is 3. The van der Waals surface area contributed by atoms with E-state index in [1.807, 2.05) is 22.4 Å². The van der Waals surface area contributed by atoms with Crippen LogP contribution in [0.1, 0.15) is 18.4 Å². The van der Waals surface area contributed by atoms with E-state index in [0.29, 0.717) is 6.04 Å². The molecule has 1 saturated heterocycles. The third-order valence-electron chi connectivity index (χ3n) is 3.51. The lowest BCUT2D eigenvalue weighted by Crippen LogP contribution is -2.43. The Morgan fingerprint density at radius 3 is 2.68 bits per heavy atom. The number of amides is 1. The summed E-state index contributed by atoms with van der Waals surface area (Å²) in [6, 6.07) is 2.63. The van der Waals surface area contributed by atoms with Gasteiger partial charge in [0.05, 0.1) is 3.79 Å². The first-order valence-corrected chi connectivity index (χ1v) is 8.11. The molecule has 1 aromatic rings. The zero-order chi connectivity index (χ0) is 13.8. The molecule has 5 heteroatoms. The van der Waals surface area contributed by atoms with Crippen LogP contribution in [0.5, 0.6) is 0 Å². The van der Waals surface area contributed by atoms with Crippen LogP contribution in [0, 0.1) is 0 Å². The number of piperidine rings is 1. The third-order valence-corrected chi connectivity index (χ3v) is 5.04. The Morgan fingerprint density at radius 1 is 1.47 bits per heavy atom. The number of nitrogens with zero attached hydrogens (tertiary/aromatic N) is 2. The van der Waals surface area contributed by atoms with Crippen molar-refractivity contribution in [3.05, 3.63) is 26.9 Å². The van der Waals surface area contributed by atoms with Crippen molar-refractivity contribution in [1.82, 2.24) is 9.80 Å². The number of halogens is 1. The number of rotatable bonds is 3. The second-order valence-electron chi connectivity index (χ2n) is 5.04. The smallest absolute Gasteiger partial charge is 0.246 e. The maximum atomic E-state index is 12.1. The molecule has 0 unspecified atom stereocenters. The van der Waals surface area contributed by atoms with E-state index in [4.69, 9.17) is 0 Å². The summed E-state index contributed by atoms with van der Waals surface area (Å²) in [5.74, 6) is 0.125. The summed E-state index contributed by atoms with van der Waals surface area (Å²) in [4.78, 5) is 16.3. The number of hydrogen-bond donors (Lipinski definition) is 0. The Labute approximate surface area is 127 Å². The molecule has 0 atom stereocenters. The van der Waals surface area contributed by atoms with Gasteiger partial charge < -0.3 is 9.80 Å². The maximum absolute atomic E-state index is 12.1. The lowest BCUT2D eigenvalue weighted by molar-refractivity contribution is -0.127. The SMILES string of the molecule is CN(C)C1CCN(C(=O)/C=C/c2csc(Br)c2)CC1. The van der Waals surface area contributed by atoms with Gasteiger partial charge in [-0.1, -0.05) is 0 Å².